The average Bonchev–Trinajstić information content (AvgIpc) is 2.39. The first kappa shape index (κ1) is 14.3. The predicted octanol–water partition coefficient (Wildman–Crippen LogP) is 3.23. The third-order valence-corrected chi connectivity index (χ3v) is 4.03. The van der Waals surface area contributed by atoms with E-state index in [1.165, 1.54) is 19.8 Å². The van der Waals surface area contributed by atoms with Crippen molar-refractivity contribution in [3.8, 4) is 5.75 Å². The van der Waals surface area contributed by atoms with Gasteiger partial charge in [-0.25, -0.2) is 0 Å². The van der Waals surface area contributed by atoms with Crippen molar-refractivity contribution in [1.82, 2.24) is 5.32 Å². The minimum atomic E-state index is -0.0894. The van der Waals surface area contributed by atoms with Crippen LogP contribution in [0.4, 0.5) is 5.69 Å². The molecule has 19 heavy (non-hydrogen) atoms. The van der Waals surface area contributed by atoms with Crippen molar-refractivity contribution < 1.29 is 9.53 Å². The monoisotopic (exact) mass is 326 g/mol. The molecule has 0 bridgehead atoms. The Morgan fingerprint density at radius 2 is 2.26 bits per heavy atom. The lowest BCUT2D eigenvalue weighted by molar-refractivity contribution is -0.114. The number of halogens is 1. The minimum absolute atomic E-state index is 0.0894. The molecular weight excluding hydrogens is 308 g/mol. The van der Waals surface area contributed by atoms with Crippen molar-refractivity contribution in [3.05, 3.63) is 22.2 Å². The molecule has 2 N–H and O–H groups in total. The molecule has 5 heteroatoms. The summed E-state index contributed by atoms with van der Waals surface area (Å²) in [7, 11) is 1.62. The Labute approximate surface area is 122 Å². The van der Waals surface area contributed by atoms with Crippen LogP contribution in [0.1, 0.15) is 37.8 Å². The molecule has 1 heterocycles. The molecule has 1 unspecified atom stereocenters. The molecule has 0 spiro atoms. The summed E-state index contributed by atoms with van der Waals surface area (Å²) in [4.78, 5) is 11.4. The molecule has 1 aromatic carbocycles. The van der Waals surface area contributed by atoms with Gasteiger partial charge in [-0.15, -0.1) is 0 Å². The van der Waals surface area contributed by atoms with Crippen molar-refractivity contribution in [1.29, 1.82) is 0 Å². The standard InChI is InChI=1S/C14H19BrN2O2/c1-9(18)17-14-12(19-2)7-6-10(15)13(14)11-5-3-4-8-16-11/h6-7,11,16H,3-5,8H2,1-2H3,(H,17,18). The third kappa shape index (κ3) is 3.28. The van der Waals surface area contributed by atoms with Crippen molar-refractivity contribution in [3.63, 3.8) is 0 Å². The molecule has 0 saturated carbocycles. The lowest BCUT2D eigenvalue weighted by Crippen LogP contribution is -2.28. The molecular formula is C14H19BrN2O2. The lowest BCUT2D eigenvalue weighted by atomic mass is 9.95. The summed E-state index contributed by atoms with van der Waals surface area (Å²) in [6.07, 6.45) is 3.47. The zero-order chi connectivity index (χ0) is 13.8. The zero-order valence-electron chi connectivity index (χ0n) is 11.3. The maximum atomic E-state index is 11.4. The molecule has 0 aliphatic carbocycles. The maximum absolute atomic E-state index is 11.4. The molecule has 1 atom stereocenters. The van der Waals surface area contributed by atoms with Crippen LogP contribution in [-0.4, -0.2) is 19.6 Å². The molecule has 2 rings (SSSR count). The van der Waals surface area contributed by atoms with Crippen LogP contribution in [0.15, 0.2) is 16.6 Å². The normalized spacial score (nSPS) is 19.0. The minimum Gasteiger partial charge on any atom is -0.495 e. The number of nitrogens with one attached hydrogen (secondary N) is 2. The highest BCUT2D eigenvalue weighted by molar-refractivity contribution is 9.10. The first-order chi connectivity index (χ1) is 9.13. The summed E-state index contributed by atoms with van der Waals surface area (Å²) in [5.41, 5.74) is 1.85. The van der Waals surface area contributed by atoms with E-state index < -0.39 is 0 Å². The maximum Gasteiger partial charge on any atom is 0.221 e. The quantitative estimate of drug-likeness (QED) is 0.896. The summed E-state index contributed by atoms with van der Waals surface area (Å²) in [5, 5.41) is 6.40. The number of piperidine rings is 1. The predicted molar refractivity (Wildman–Crippen MR) is 79.6 cm³/mol. The molecule has 104 valence electrons. The number of methoxy groups -OCH3 is 1. The highest BCUT2D eigenvalue weighted by Gasteiger charge is 2.23. The zero-order valence-corrected chi connectivity index (χ0v) is 12.8. The van der Waals surface area contributed by atoms with Gasteiger partial charge < -0.3 is 15.4 Å². The van der Waals surface area contributed by atoms with Crippen molar-refractivity contribution in [2.75, 3.05) is 19.0 Å². The SMILES string of the molecule is COc1ccc(Br)c(C2CCCCN2)c1NC(C)=O. The van der Waals surface area contributed by atoms with E-state index in [2.05, 4.69) is 26.6 Å². The summed E-state index contributed by atoms with van der Waals surface area (Å²) in [6, 6.07) is 4.08. The Kier molecular flexibility index (Phi) is 4.82. The molecule has 4 nitrogen and oxygen atoms in total. The van der Waals surface area contributed by atoms with E-state index in [0.29, 0.717) is 5.75 Å². The first-order valence-electron chi connectivity index (χ1n) is 6.51. The van der Waals surface area contributed by atoms with E-state index in [1.54, 1.807) is 7.11 Å². The van der Waals surface area contributed by atoms with E-state index in [4.69, 9.17) is 4.74 Å². The van der Waals surface area contributed by atoms with E-state index in [-0.39, 0.29) is 11.9 Å². The largest absolute Gasteiger partial charge is 0.495 e. The van der Waals surface area contributed by atoms with Gasteiger partial charge in [0.2, 0.25) is 5.91 Å². The van der Waals surface area contributed by atoms with Gasteiger partial charge in [0.25, 0.3) is 0 Å². The van der Waals surface area contributed by atoms with Crippen LogP contribution in [0.25, 0.3) is 0 Å². The summed E-state index contributed by atoms with van der Waals surface area (Å²) in [5.74, 6) is 0.606. The molecule has 0 aromatic heterocycles. The van der Waals surface area contributed by atoms with Gasteiger partial charge in [-0.3, -0.25) is 4.79 Å². The Morgan fingerprint density at radius 3 is 2.84 bits per heavy atom. The highest BCUT2D eigenvalue weighted by Crippen LogP contribution is 2.40. The van der Waals surface area contributed by atoms with Gasteiger partial charge in [-0.05, 0) is 31.5 Å². The van der Waals surface area contributed by atoms with E-state index in [9.17, 15) is 4.79 Å². The van der Waals surface area contributed by atoms with Crippen LogP contribution in [-0.2, 0) is 4.79 Å². The Morgan fingerprint density at radius 1 is 1.47 bits per heavy atom. The third-order valence-electron chi connectivity index (χ3n) is 3.33. The van der Waals surface area contributed by atoms with Crippen molar-refractivity contribution >= 4 is 27.5 Å². The second-order valence-electron chi connectivity index (χ2n) is 4.72. The number of hydrogen-bond donors (Lipinski definition) is 2. The van der Waals surface area contributed by atoms with Crippen LogP contribution < -0.4 is 15.4 Å². The second kappa shape index (κ2) is 6.39. The summed E-state index contributed by atoms with van der Waals surface area (Å²) < 4.78 is 6.37. The van der Waals surface area contributed by atoms with Gasteiger partial charge in [0.1, 0.15) is 5.75 Å². The number of rotatable bonds is 3. The smallest absolute Gasteiger partial charge is 0.221 e. The molecule has 1 fully saturated rings. The van der Waals surface area contributed by atoms with E-state index in [0.717, 1.165) is 28.7 Å². The number of carbonyl (C=O) groups is 1. The second-order valence-corrected chi connectivity index (χ2v) is 5.58. The van der Waals surface area contributed by atoms with Crippen LogP contribution in [0, 0.1) is 0 Å². The molecule has 1 amide bonds. The van der Waals surface area contributed by atoms with E-state index in [1.807, 2.05) is 12.1 Å². The van der Waals surface area contributed by atoms with Crippen LogP contribution in [0.3, 0.4) is 0 Å². The van der Waals surface area contributed by atoms with Crippen LogP contribution >= 0.6 is 15.9 Å². The van der Waals surface area contributed by atoms with Gasteiger partial charge in [0.15, 0.2) is 0 Å². The van der Waals surface area contributed by atoms with Gasteiger partial charge >= 0.3 is 0 Å². The number of hydrogen-bond acceptors (Lipinski definition) is 3. The Hall–Kier alpha value is -1.07. The fraction of sp³-hybridized carbons (Fsp3) is 0.500. The Bertz CT molecular complexity index is 471. The highest BCUT2D eigenvalue weighted by atomic mass is 79.9. The fourth-order valence-corrected chi connectivity index (χ4v) is 3.09. The topological polar surface area (TPSA) is 50.4 Å². The summed E-state index contributed by atoms with van der Waals surface area (Å²) in [6.45, 7) is 2.52. The van der Waals surface area contributed by atoms with Gasteiger partial charge in [-0.2, -0.15) is 0 Å². The van der Waals surface area contributed by atoms with Gasteiger partial charge in [-0.1, -0.05) is 22.4 Å². The summed E-state index contributed by atoms with van der Waals surface area (Å²) >= 11 is 3.59. The molecule has 0 radical (unpaired) electrons. The van der Waals surface area contributed by atoms with Gasteiger partial charge in [0.05, 0.1) is 12.8 Å². The van der Waals surface area contributed by atoms with Crippen LogP contribution in [0.2, 0.25) is 0 Å². The number of carbonyl (C=O) groups excluding carboxylic acids is 1. The fourth-order valence-electron chi connectivity index (χ4n) is 2.49. The molecule has 1 aromatic rings. The van der Waals surface area contributed by atoms with Crippen molar-refractivity contribution in [2.45, 2.75) is 32.2 Å². The average molecular weight is 327 g/mol. The molecule has 1 aliphatic heterocycles. The first-order valence-corrected chi connectivity index (χ1v) is 7.30. The van der Waals surface area contributed by atoms with Gasteiger partial charge in [0, 0.05) is 23.0 Å². The number of anilines is 1. The lowest BCUT2D eigenvalue weighted by Gasteiger charge is -2.27. The van der Waals surface area contributed by atoms with E-state index >= 15 is 0 Å². The number of benzene rings is 1. The molecule has 1 aliphatic rings. The van der Waals surface area contributed by atoms with Crippen molar-refractivity contribution in [2.24, 2.45) is 0 Å². The Balaban J connectivity index is 2.45. The number of ether oxygens (including phenoxy) is 1. The van der Waals surface area contributed by atoms with Crippen LogP contribution in [0.5, 0.6) is 5.75 Å². The molecule has 1 saturated heterocycles. The number of amides is 1.